The van der Waals surface area contributed by atoms with E-state index < -0.39 is 5.97 Å². The summed E-state index contributed by atoms with van der Waals surface area (Å²) in [5.41, 5.74) is 3.06. The van der Waals surface area contributed by atoms with Crippen molar-refractivity contribution < 1.29 is 9.90 Å². The molecule has 15 heavy (non-hydrogen) atoms. The second-order valence-electron chi connectivity index (χ2n) is 3.57. The van der Waals surface area contributed by atoms with E-state index in [2.05, 4.69) is 4.98 Å². The predicted octanol–water partition coefficient (Wildman–Crippen LogP) is 1.82. The first-order valence-corrected chi connectivity index (χ1v) is 4.80. The predicted molar refractivity (Wildman–Crippen MR) is 56.7 cm³/mol. The maximum atomic E-state index is 10.5. The van der Waals surface area contributed by atoms with Crippen LogP contribution in [-0.4, -0.2) is 20.6 Å². The molecule has 0 spiro atoms. The number of hydrogen-bond acceptors (Lipinski definition) is 2. The summed E-state index contributed by atoms with van der Waals surface area (Å²) in [7, 11) is 0. The molecule has 0 unspecified atom stereocenters. The Balaban J connectivity index is 2.35. The summed E-state index contributed by atoms with van der Waals surface area (Å²) in [6.45, 7) is 2.48. The molecule has 0 fully saturated rings. The Hall–Kier alpha value is -1.84. The SMILES string of the molecule is Cc1ccc2ncn(CCC(=O)O)c2c1. The molecule has 0 amide bonds. The zero-order valence-corrected chi connectivity index (χ0v) is 8.47. The van der Waals surface area contributed by atoms with Crippen LogP contribution in [0.3, 0.4) is 0 Å². The van der Waals surface area contributed by atoms with Crippen molar-refractivity contribution in [3.8, 4) is 0 Å². The largest absolute Gasteiger partial charge is 0.481 e. The summed E-state index contributed by atoms with van der Waals surface area (Å²) in [6.07, 6.45) is 1.81. The molecule has 0 aliphatic rings. The molecule has 0 saturated heterocycles. The monoisotopic (exact) mass is 204 g/mol. The molecular weight excluding hydrogens is 192 g/mol. The van der Waals surface area contributed by atoms with Crippen molar-refractivity contribution in [1.82, 2.24) is 9.55 Å². The molecule has 1 aromatic heterocycles. The first-order chi connectivity index (χ1) is 7.16. The van der Waals surface area contributed by atoms with Gasteiger partial charge in [0.1, 0.15) is 0 Å². The zero-order valence-electron chi connectivity index (χ0n) is 8.47. The first kappa shape index (κ1) is 9.71. The fourth-order valence-electron chi connectivity index (χ4n) is 1.56. The van der Waals surface area contributed by atoms with Crippen LogP contribution in [-0.2, 0) is 11.3 Å². The van der Waals surface area contributed by atoms with Crippen LogP contribution >= 0.6 is 0 Å². The molecule has 78 valence electrons. The van der Waals surface area contributed by atoms with Gasteiger partial charge in [-0.3, -0.25) is 4.79 Å². The molecule has 1 aromatic carbocycles. The van der Waals surface area contributed by atoms with Crippen molar-refractivity contribution in [2.45, 2.75) is 19.9 Å². The Kier molecular flexibility index (Phi) is 2.41. The van der Waals surface area contributed by atoms with Gasteiger partial charge in [-0.25, -0.2) is 4.98 Å². The number of fused-ring (bicyclic) bond motifs is 1. The summed E-state index contributed by atoms with van der Waals surface area (Å²) in [5, 5.41) is 8.61. The fourth-order valence-corrected chi connectivity index (χ4v) is 1.56. The Morgan fingerprint density at radius 3 is 3.07 bits per heavy atom. The standard InChI is InChI=1S/C11H12N2O2/c1-8-2-3-9-10(6-8)13(7-12-9)5-4-11(14)15/h2-3,6-7H,4-5H2,1H3,(H,14,15). The summed E-state index contributed by atoms with van der Waals surface area (Å²) >= 11 is 0. The molecule has 2 rings (SSSR count). The number of hydrogen-bond donors (Lipinski definition) is 1. The molecule has 0 atom stereocenters. The summed E-state index contributed by atoms with van der Waals surface area (Å²) < 4.78 is 1.87. The van der Waals surface area contributed by atoms with Crippen molar-refractivity contribution in [3.05, 3.63) is 30.1 Å². The lowest BCUT2D eigenvalue weighted by molar-refractivity contribution is -0.137. The highest BCUT2D eigenvalue weighted by molar-refractivity contribution is 5.76. The minimum atomic E-state index is -0.787. The van der Waals surface area contributed by atoms with Crippen molar-refractivity contribution in [1.29, 1.82) is 0 Å². The van der Waals surface area contributed by atoms with Gasteiger partial charge >= 0.3 is 5.97 Å². The van der Waals surface area contributed by atoms with Crippen molar-refractivity contribution in [3.63, 3.8) is 0 Å². The minimum absolute atomic E-state index is 0.124. The van der Waals surface area contributed by atoms with Gasteiger partial charge in [-0.05, 0) is 24.6 Å². The zero-order chi connectivity index (χ0) is 10.8. The van der Waals surface area contributed by atoms with E-state index >= 15 is 0 Å². The Labute approximate surface area is 87.2 Å². The van der Waals surface area contributed by atoms with Gasteiger partial charge in [-0.2, -0.15) is 0 Å². The molecule has 0 bridgehead atoms. The van der Waals surface area contributed by atoms with Crippen molar-refractivity contribution in [2.75, 3.05) is 0 Å². The average molecular weight is 204 g/mol. The van der Waals surface area contributed by atoms with E-state index in [0.717, 1.165) is 16.6 Å². The molecule has 4 heteroatoms. The fraction of sp³-hybridized carbons (Fsp3) is 0.273. The lowest BCUT2D eigenvalue weighted by Crippen LogP contribution is -2.03. The van der Waals surface area contributed by atoms with Gasteiger partial charge in [0, 0.05) is 6.54 Å². The molecular formula is C11H12N2O2. The van der Waals surface area contributed by atoms with Crippen molar-refractivity contribution >= 4 is 17.0 Å². The van der Waals surface area contributed by atoms with E-state index in [1.165, 1.54) is 0 Å². The van der Waals surface area contributed by atoms with E-state index in [1.807, 2.05) is 29.7 Å². The van der Waals surface area contributed by atoms with Crippen LogP contribution < -0.4 is 0 Å². The third-order valence-corrected chi connectivity index (χ3v) is 2.34. The van der Waals surface area contributed by atoms with Gasteiger partial charge < -0.3 is 9.67 Å². The van der Waals surface area contributed by atoms with Gasteiger partial charge in [-0.15, -0.1) is 0 Å². The number of benzene rings is 1. The smallest absolute Gasteiger partial charge is 0.305 e. The van der Waals surface area contributed by atoms with Gasteiger partial charge in [0.15, 0.2) is 0 Å². The summed E-state index contributed by atoms with van der Waals surface area (Å²) in [5.74, 6) is -0.787. The molecule has 4 nitrogen and oxygen atoms in total. The molecule has 0 aliphatic heterocycles. The number of aryl methyl sites for hydroxylation is 2. The number of imidazole rings is 1. The van der Waals surface area contributed by atoms with Gasteiger partial charge in [0.25, 0.3) is 0 Å². The Morgan fingerprint density at radius 1 is 1.53 bits per heavy atom. The second-order valence-corrected chi connectivity index (χ2v) is 3.57. The molecule has 1 N–H and O–H groups in total. The van der Waals surface area contributed by atoms with E-state index in [-0.39, 0.29) is 6.42 Å². The van der Waals surface area contributed by atoms with Crippen LogP contribution in [0, 0.1) is 6.92 Å². The molecule has 1 heterocycles. The Morgan fingerprint density at radius 2 is 2.33 bits per heavy atom. The number of aliphatic carboxylic acids is 1. The molecule has 0 saturated carbocycles. The highest BCUT2D eigenvalue weighted by Gasteiger charge is 2.04. The number of carboxylic acids is 1. The van der Waals surface area contributed by atoms with E-state index in [1.54, 1.807) is 6.33 Å². The van der Waals surface area contributed by atoms with E-state index in [0.29, 0.717) is 6.54 Å². The Bertz CT molecular complexity index is 502. The average Bonchev–Trinajstić information content (AvgIpc) is 2.57. The minimum Gasteiger partial charge on any atom is -0.481 e. The topological polar surface area (TPSA) is 55.1 Å². The second kappa shape index (κ2) is 3.73. The third-order valence-electron chi connectivity index (χ3n) is 2.34. The number of aromatic nitrogens is 2. The normalized spacial score (nSPS) is 10.7. The van der Waals surface area contributed by atoms with Crippen molar-refractivity contribution in [2.24, 2.45) is 0 Å². The van der Waals surface area contributed by atoms with E-state index in [4.69, 9.17) is 5.11 Å². The van der Waals surface area contributed by atoms with Crippen LogP contribution in [0.25, 0.3) is 11.0 Å². The highest BCUT2D eigenvalue weighted by atomic mass is 16.4. The van der Waals surface area contributed by atoms with Crippen LogP contribution in [0.4, 0.5) is 0 Å². The maximum absolute atomic E-state index is 10.5. The third kappa shape index (κ3) is 1.98. The van der Waals surface area contributed by atoms with Crippen LogP contribution in [0.5, 0.6) is 0 Å². The molecule has 0 aliphatic carbocycles. The van der Waals surface area contributed by atoms with Crippen LogP contribution in [0.15, 0.2) is 24.5 Å². The molecule has 2 aromatic rings. The van der Waals surface area contributed by atoms with Crippen LogP contribution in [0.1, 0.15) is 12.0 Å². The van der Waals surface area contributed by atoms with Gasteiger partial charge in [0.05, 0.1) is 23.8 Å². The summed E-state index contributed by atoms with van der Waals surface area (Å²) in [4.78, 5) is 14.7. The number of carboxylic acid groups (broad SMARTS) is 1. The highest BCUT2D eigenvalue weighted by Crippen LogP contribution is 2.14. The van der Waals surface area contributed by atoms with Gasteiger partial charge in [0.2, 0.25) is 0 Å². The maximum Gasteiger partial charge on any atom is 0.305 e. The van der Waals surface area contributed by atoms with E-state index in [9.17, 15) is 4.79 Å². The summed E-state index contributed by atoms with van der Waals surface area (Å²) in [6, 6.07) is 5.96. The lowest BCUT2D eigenvalue weighted by Gasteiger charge is -2.01. The first-order valence-electron chi connectivity index (χ1n) is 4.80. The number of carbonyl (C=O) groups is 1. The molecule has 0 radical (unpaired) electrons. The van der Waals surface area contributed by atoms with Crippen LogP contribution in [0.2, 0.25) is 0 Å². The number of nitrogens with zero attached hydrogens (tertiary/aromatic N) is 2. The lowest BCUT2D eigenvalue weighted by atomic mass is 10.2. The quantitative estimate of drug-likeness (QED) is 0.829. The number of rotatable bonds is 3. The van der Waals surface area contributed by atoms with Gasteiger partial charge in [-0.1, -0.05) is 6.07 Å².